The van der Waals surface area contributed by atoms with E-state index in [9.17, 15) is 9.90 Å². The van der Waals surface area contributed by atoms with Crippen LogP contribution in [0.3, 0.4) is 0 Å². The molecular weight excluding hydrogens is 314 g/mol. The first kappa shape index (κ1) is 16.2. The maximum Gasteiger partial charge on any atom is 0.240 e. The Morgan fingerprint density at radius 2 is 2.43 bits per heavy atom. The van der Waals surface area contributed by atoms with Crippen molar-refractivity contribution < 1.29 is 14.3 Å². The van der Waals surface area contributed by atoms with Crippen molar-refractivity contribution >= 4 is 22.4 Å². The molecule has 1 aliphatic carbocycles. The van der Waals surface area contributed by atoms with Gasteiger partial charge in [-0.1, -0.05) is 6.42 Å². The van der Waals surface area contributed by atoms with E-state index in [1.54, 1.807) is 12.3 Å². The summed E-state index contributed by atoms with van der Waals surface area (Å²) < 4.78 is 5.29. The predicted molar refractivity (Wildman–Crippen MR) is 89.3 cm³/mol. The fraction of sp³-hybridized carbons (Fsp3) is 0.500. The van der Waals surface area contributed by atoms with Gasteiger partial charge in [0, 0.05) is 11.9 Å². The average molecular weight is 335 g/mol. The molecule has 0 aliphatic heterocycles. The van der Waals surface area contributed by atoms with Gasteiger partial charge in [-0.05, 0) is 37.9 Å². The summed E-state index contributed by atoms with van der Waals surface area (Å²) in [5.74, 6) is 0.868. The summed E-state index contributed by atoms with van der Waals surface area (Å²) in [6, 6.07) is 3.64. The maximum absolute atomic E-state index is 12.1. The summed E-state index contributed by atoms with van der Waals surface area (Å²) in [7, 11) is 1.90. The topological polar surface area (TPSA) is 78.6 Å². The summed E-state index contributed by atoms with van der Waals surface area (Å²) in [6.45, 7) is 1.03. The predicted octanol–water partition coefficient (Wildman–Crippen LogP) is 2.43. The van der Waals surface area contributed by atoms with Crippen LogP contribution in [0, 0.1) is 5.92 Å². The van der Waals surface area contributed by atoms with Crippen LogP contribution in [0.25, 0.3) is 11.5 Å². The number of furan rings is 1. The first-order chi connectivity index (χ1) is 11.1. The third-order valence-corrected chi connectivity index (χ3v) is 4.86. The minimum atomic E-state index is -0.227. The lowest BCUT2D eigenvalue weighted by atomic mass is 10.1. The molecule has 7 heteroatoms. The van der Waals surface area contributed by atoms with Gasteiger partial charge in [0.25, 0.3) is 0 Å². The first-order valence-corrected chi connectivity index (χ1v) is 8.65. The van der Waals surface area contributed by atoms with E-state index in [4.69, 9.17) is 4.42 Å². The zero-order valence-electron chi connectivity index (χ0n) is 13.1. The normalized spacial score (nSPS) is 21.0. The Labute approximate surface area is 139 Å². The van der Waals surface area contributed by atoms with Crippen LogP contribution < -0.4 is 5.32 Å². The second-order valence-corrected chi connectivity index (χ2v) is 6.88. The summed E-state index contributed by atoms with van der Waals surface area (Å²) >= 11 is 1.37. The number of carbonyl (C=O) groups is 1. The van der Waals surface area contributed by atoms with Crippen LogP contribution in [0.5, 0.6) is 0 Å². The number of likely N-dealkylation sites (N-methyl/N-ethyl adjacent to an activating group) is 1. The molecule has 0 saturated heterocycles. The zero-order chi connectivity index (χ0) is 16.2. The number of aromatic nitrogens is 1. The second kappa shape index (κ2) is 7.25. The van der Waals surface area contributed by atoms with Gasteiger partial charge in [-0.15, -0.1) is 11.3 Å². The van der Waals surface area contributed by atoms with E-state index in [2.05, 4.69) is 10.3 Å². The van der Waals surface area contributed by atoms with Crippen molar-refractivity contribution in [2.24, 2.45) is 5.92 Å². The van der Waals surface area contributed by atoms with E-state index in [-0.39, 0.29) is 17.9 Å². The van der Waals surface area contributed by atoms with E-state index < -0.39 is 0 Å². The SMILES string of the molecule is CN(CC(=O)Nc1nc(-c2ccco2)cs1)CC1CCCC1O. The van der Waals surface area contributed by atoms with E-state index in [0.29, 0.717) is 17.4 Å². The van der Waals surface area contributed by atoms with E-state index >= 15 is 0 Å². The average Bonchev–Trinajstić information content (AvgIpc) is 3.21. The van der Waals surface area contributed by atoms with Crippen molar-refractivity contribution in [1.82, 2.24) is 9.88 Å². The molecule has 2 atom stereocenters. The Morgan fingerprint density at radius 3 is 3.13 bits per heavy atom. The lowest BCUT2D eigenvalue weighted by Crippen LogP contribution is -2.35. The van der Waals surface area contributed by atoms with Crippen LogP contribution in [0.1, 0.15) is 19.3 Å². The largest absolute Gasteiger partial charge is 0.463 e. The third kappa shape index (κ3) is 4.19. The number of nitrogens with zero attached hydrogens (tertiary/aromatic N) is 2. The monoisotopic (exact) mass is 335 g/mol. The molecule has 0 radical (unpaired) electrons. The molecule has 6 nitrogen and oxygen atoms in total. The molecular formula is C16H21N3O3S. The Kier molecular flexibility index (Phi) is 5.09. The standard InChI is InChI=1S/C16H21N3O3S/c1-19(8-11-4-2-5-13(11)20)9-15(21)18-16-17-12(10-23-16)14-6-3-7-22-14/h3,6-7,10-11,13,20H,2,4-5,8-9H2,1H3,(H,17,18,21). The molecule has 2 N–H and O–H groups in total. The van der Waals surface area contributed by atoms with Crippen molar-refractivity contribution in [3.05, 3.63) is 23.8 Å². The highest BCUT2D eigenvalue weighted by molar-refractivity contribution is 7.14. The quantitative estimate of drug-likeness (QED) is 0.848. The number of rotatable bonds is 6. The summed E-state index contributed by atoms with van der Waals surface area (Å²) in [5, 5.41) is 15.1. The van der Waals surface area contributed by atoms with Gasteiger partial charge in [-0.25, -0.2) is 4.98 Å². The number of anilines is 1. The van der Waals surface area contributed by atoms with Crippen molar-refractivity contribution in [3.8, 4) is 11.5 Å². The van der Waals surface area contributed by atoms with Gasteiger partial charge in [0.1, 0.15) is 5.69 Å². The molecule has 2 aromatic rings. The van der Waals surface area contributed by atoms with Gasteiger partial charge < -0.3 is 14.8 Å². The second-order valence-electron chi connectivity index (χ2n) is 6.02. The number of aliphatic hydroxyl groups excluding tert-OH is 1. The van der Waals surface area contributed by atoms with Gasteiger partial charge in [-0.3, -0.25) is 9.69 Å². The van der Waals surface area contributed by atoms with E-state index in [1.165, 1.54) is 11.3 Å². The highest BCUT2D eigenvalue weighted by atomic mass is 32.1. The van der Waals surface area contributed by atoms with Crippen LogP contribution in [0.2, 0.25) is 0 Å². The van der Waals surface area contributed by atoms with Crippen molar-refractivity contribution in [2.75, 3.05) is 25.5 Å². The smallest absolute Gasteiger partial charge is 0.240 e. The first-order valence-electron chi connectivity index (χ1n) is 7.77. The number of amides is 1. The fourth-order valence-electron chi connectivity index (χ4n) is 2.97. The van der Waals surface area contributed by atoms with Crippen LogP contribution >= 0.6 is 11.3 Å². The van der Waals surface area contributed by atoms with Crippen LogP contribution in [-0.2, 0) is 4.79 Å². The van der Waals surface area contributed by atoms with Crippen molar-refractivity contribution in [2.45, 2.75) is 25.4 Å². The number of thiazole rings is 1. The van der Waals surface area contributed by atoms with Crippen LogP contribution in [0.4, 0.5) is 5.13 Å². The molecule has 23 heavy (non-hydrogen) atoms. The Balaban J connectivity index is 1.49. The summed E-state index contributed by atoms with van der Waals surface area (Å²) in [6.07, 6.45) is 4.35. The van der Waals surface area contributed by atoms with Crippen LogP contribution in [-0.4, -0.2) is 47.1 Å². The molecule has 1 aliphatic rings. The molecule has 2 unspecified atom stereocenters. The number of hydrogen-bond acceptors (Lipinski definition) is 6. The fourth-order valence-corrected chi connectivity index (χ4v) is 3.68. The summed E-state index contributed by atoms with van der Waals surface area (Å²) in [4.78, 5) is 18.4. The molecule has 2 aromatic heterocycles. The highest BCUT2D eigenvalue weighted by Gasteiger charge is 2.26. The molecule has 1 fully saturated rings. The van der Waals surface area contributed by atoms with E-state index in [0.717, 1.165) is 31.5 Å². The van der Waals surface area contributed by atoms with Gasteiger partial charge in [0.15, 0.2) is 10.9 Å². The van der Waals surface area contributed by atoms with Crippen molar-refractivity contribution in [3.63, 3.8) is 0 Å². The maximum atomic E-state index is 12.1. The molecule has 0 bridgehead atoms. The van der Waals surface area contributed by atoms with Gasteiger partial charge in [0.05, 0.1) is 18.9 Å². The number of nitrogens with one attached hydrogen (secondary N) is 1. The number of aliphatic hydroxyl groups is 1. The zero-order valence-corrected chi connectivity index (χ0v) is 13.9. The van der Waals surface area contributed by atoms with E-state index in [1.807, 2.05) is 23.4 Å². The number of carbonyl (C=O) groups excluding carboxylic acids is 1. The molecule has 124 valence electrons. The number of hydrogen-bond donors (Lipinski definition) is 2. The van der Waals surface area contributed by atoms with Crippen LogP contribution in [0.15, 0.2) is 28.2 Å². The van der Waals surface area contributed by atoms with Gasteiger partial charge in [0.2, 0.25) is 5.91 Å². The Bertz CT molecular complexity index is 641. The lowest BCUT2D eigenvalue weighted by molar-refractivity contribution is -0.117. The molecule has 0 spiro atoms. The van der Waals surface area contributed by atoms with Crippen molar-refractivity contribution in [1.29, 1.82) is 0 Å². The molecule has 3 rings (SSSR count). The lowest BCUT2D eigenvalue weighted by Gasteiger charge is -2.22. The molecule has 2 heterocycles. The van der Waals surface area contributed by atoms with Gasteiger partial charge >= 0.3 is 0 Å². The minimum absolute atomic E-state index is 0.0969. The Hall–Kier alpha value is -1.70. The molecule has 1 saturated carbocycles. The Morgan fingerprint density at radius 1 is 1.57 bits per heavy atom. The molecule has 0 aromatic carbocycles. The highest BCUT2D eigenvalue weighted by Crippen LogP contribution is 2.26. The summed E-state index contributed by atoms with van der Waals surface area (Å²) in [5.41, 5.74) is 0.720. The van der Waals surface area contributed by atoms with Gasteiger partial charge in [-0.2, -0.15) is 0 Å². The third-order valence-electron chi connectivity index (χ3n) is 4.10. The molecule has 1 amide bonds. The minimum Gasteiger partial charge on any atom is -0.463 e.